The van der Waals surface area contributed by atoms with Crippen LogP contribution in [0, 0.1) is 15.5 Å². The van der Waals surface area contributed by atoms with E-state index in [1.807, 2.05) is 0 Å². The van der Waals surface area contributed by atoms with Crippen LogP contribution in [-0.2, 0) is 9.53 Å². The first-order valence-corrected chi connectivity index (χ1v) is 7.55. The van der Waals surface area contributed by atoms with Crippen LogP contribution >= 0.6 is 0 Å². The van der Waals surface area contributed by atoms with Gasteiger partial charge in [0.05, 0.1) is 17.4 Å². The molecule has 0 aromatic carbocycles. The van der Waals surface area contributed by atoms with Crippen LogP contribution in [0.2, 0.25) is 0 Å². The normalized spacial score (nSPS) is 12.0. The van der Waals surface area contributed by atoms with Crippen LogP contribution in [0.15, 0.2) is 29.2 Å². The molecule has 0 unspecified atom stereocenters. The van der Waals surface area contributed by atoms with Crippen molar-refractivity contribution in [2.75, 3.05) is 12.4 Å². The lowest BCUT2D eigenvalue weighted by molar-refractivity contribution is -0.385. The summed E-state index contributed by atoms with van der Waals surface area (Å²) in [6.07, 6.45) is 1.41. The van der Waals surface area contributed by atoms with Gasteiger partial charge in [-0.15, -0.1) is 0 Å². The highest BCUT2D eigenvalue weighted by Gasteiger charge is 2.45. The van der Waals surface area contributed by atoms with Crippen molar-refractivity contribution in [2.45, 2.75) is 33.2 Å². The van der Waals surface area contributed by atoms with Gasteiger partial charge in [0.15, 0.2) is 0 Å². The molecule has 0 aliphatic heterocycles. The molecule has 0 amide bonds. The number of nitro groups is 1. The number of methoxy groups -OCH3 is 1. The fourth-order valence-electron chi connectivity index (χ4n) is 2.29. The van der Waals surface area contributed by atoms with E-state index < -0.39 is 33.1 Å². The Morgan fingerprint density at radius 3 is 2.52 bits per heavy atom. The van der Waals surface area contributed by atoms with Gasteiger partial charge in [0.25, 0.3) is 0 Å². The number of rotatable bonds is 5. The lowest BCUT2D eigenvalue weighted by Crippen LogP contribution is -2.51. The number of fused-ring (bicyclic) bond motifs is 1. The van der Waals surface area contributed by atoms with Gasteiger partial charge < -0.3 is 10.1 Å². The smallest absolute Gasteiger partial charge is 0.376 e. The molecule has 25 heavy (non-hydrogen) atoms. The van der Waals surface area contributed by atoms with Crippen molar-refractivity contribution in [3.05, 3.63) is 44.9 Å². The molecule has 2 heterocycles. The van der Waals surface area contributed by atoms with Gasteiger partial charge >= 0.3 is 17.2 Å². The molecule has 0 aliphatic rings. The molecule has 9 nitrogen and oxygen atoms in total. The van der Waals surface area contributed by atoms with Gasteiger partial charge in [-0.3, -0.25) is 24.1 Å². The fraction of sp³-hybridized carbons (Fsp3) is 0.438. The summed E-state index contributed by atoms with van der Waals surface area (Å²) in [5.41, 5.74) is -3.26. The number of hydrogen-bond donors (Lipinski definition) is 1. The van der Waals surface area contributed by atoms with Crippen LogP contribution in [0.5, 0.6) is 0 Å². The topological polar surface area (TPSA) is 116 Å². The quantitative estimate of drug-likeness (QED) is 0.499. The van der Waals surface area contributed by atoms with Crippen LogP contribution < -0.4 is 10.9 Å². The molecule has 0 fully saturated rings. The zero-order valence-electron chi connectivity index (χ0n) is 14.7. The van der Waals surface area contributed by atoms with Gasteiger partial charge in [-0.05, 0) is 39.8 Å². The molecule has 0 spiro atoms. The minimum absolute atomic E-state index is 0.192. The van der Waals surface area contributed by atoms with Gasteiger partial charge in [-0.1, -0.05) is 6.07 Å². The number of pyridine rings is 1. The molecule has 0 radical (unpaired) electrons. The third kappa shape index (κ3) is 3.04. The van der Waals surface area contributed by atoms with Crippen LogP contribution in [-0.4, -0.2) is 32.9 Å². The molecular formula is C16H20N4O5. The maximum Gasteiger partial charge on any atom is 0.376 e. The molecule has 0 bridgehead atoms. The van der Waals surface area contributed by atoms with Gasteiger partial charge in [0.1, 0.15) is 5.65 Å². The highest BCUT2D eigenvalue weighted by molar-refractivity contribution is 5.78. The van der Waals surface area contributed by atoms with Crippen LogP contribution in [0.4, 0.5) is 11.5 Å². The van der Waals surface area contributed by atoms with Crippen molar-refractivity contribution in [1.82, 2.24) is 9.38 Å². The Labute approximate surface area is 143 Å². The Hall–Kier alpha value is -2.97. The van der Waals surface area contributed by atoms with Gasteiger partial charge in [0, 0.05) is 11.7 Å². The lowest BCUT2D eigenvalue weighted by Gasteiger charge is -2.39. The molecule has 0 saturated heterocycles. The Morgan fingerprint density at radius 1 is 1.32 bits per heavy atom. The summed E-state index contributed by atoms with van der Waals surface area (Å²) in [5.74, 6) is -0.687. The zero-order chi connectivity index (χ0) is 19.0. The molecule has 1 N–H and O–H groups in total. The fourth-order valence-corrected chi connectivity index (χ4v) is 2.29. The maximum atomic E-state index is 12.5. The number of carbonyl (C=O) groups excluding carboxylic acids is 1. The second kappa shape index (κ2) is 6.15. The van der Waals surface area contributed by atoms with Gasteiger partial charge in [0.2, 0.25) is 5.82 Å². The van der Waals surface area contributed by atoms with Crippen molar-refractivity contribution < 1.29 is 14.5 Å². The maximum absolute atomic E-state index is 12.5. The Bertz CT molecular complexity index is 901. The molecule has 2 aromatic rings. The minimum atomic E-state index is -1.04. The number of anilines is 1. The van der Waals surface area contributed by atoms with Crippen molar-refractivity contribution in [3.8, 4) is 0 Å². The molecule has 0 atom stereocenters. The first kappa shape index (κ1) is 18.4. The molecular weight excluding hydrogens is 328 g/mol. The average Bonchev–Trinajstić information content (AvgIpc) is 2.53. The second-order valence-electron chi connectivity index (χ2n) is 6.67. The highest BCUT2D eigenvalue weighted by Crippen LogP contribution is 2.36. The van der Waals surface area contributed by atoms with Gasteiger partial charge in [-0.2, -0.15) is 0 Å². The van der Waals surface area contributed by atoms with Crippen LogP contribution in [0.3, 0.4) is 0 Å². The summed E-state index contributed by atoms with van der Waals surface area (Å²) < 4.78 is 5.91. The second-order valence-corrected chi connectivity index (χ2v) is 6.67. The van der Waals surface area contributed by atoms with E-state index in [2.05, 4.69) is 10.3 Å². The zero-order valence-corrected chi connectivity index (χ0v) is 14.7. The average molecular weight is 348 g/mol. The SMILES string of the molecule is COC(=O)C(C)(C)C(C)(C)Nc1nc2ccccn2c(=O)c1[N+](=O)[O-]. The van der Waals surface area contributed by atoms with E-state index in [1.54, 1.807) is 45.9 Å². The largest absolute Gasteiger partial charge is 0.469 e. The number of hydrogen-bond acceptors (Lipinski definition) is 7. The van der Waals surface area contributed by atoms with E-state index in [4.69, 9.17) is 4.74 Å². The number of carbonyl (C=O) groups is 1. The van der Waals surface area contributed by atoms with E-state index in [1.165, 1.54) is 13.3 Å². The van der Waals surface area contributed by atoms with Crippen molar-refractivity contribution >= 4 is 23.1 Å². The molecule has 9 heteroatoms. The number of esters is 1. The van der Waals surface area contributed by atoms with E-state index in [0.29, 0.717) is 0 Å². The number of ether oxygens (including phenoxy) is 1. The Morgan fingerprint density at radius 2 is 1.96 bits per heavy atom. The first-order chi connectivity index (χ1) is 11.5. The number of nitrogens with zero attached hydrogens (tertiary/aromatic N) is 3. The van der Waals surface area contributed by atoms with Crippen LogP contribution in [0.1, 0.15) is 27.7 Å². The molecule has 2 rings (SSSR count). The van der Waals surface area contributed by atoms with E-state index >= 15 is 0 Å². The van der Waals surface area contributed by atoms with Gasteiger partial charge in [-0.25, -0.2) is 4.98 Å². The first-order valence-electron chi connectivity index (χ1n) is 7.55. The predicted molar refractivity (Wildman–Crippen MR) is 91.6 cm³/mol. The Kier molecular flexibility index (Phi) is 4.52. The summed E-state index contributed by atoms with van der Waals surface area (Å²) in [5, 5.41) is 14.3. The number of nitrogens with one attached hydrogen (secondary N) is 1. The van der Waals surface area contributed by atoms with Crippen molar-refractivity contribution in [2.24, 2.45) is 5.41 Å². The van der Waals surface area contributed by atoms with E-state index in [0.717, 1.165) is 4.40 Å². The summed E-state index contributed by atoms with van der Waals surface area (Å²) in [4.78, 5) is 39.4. The van der Waals surface area contributed by atoms with Crippen molar-refractivity contribution in [3.63, 3.8) is 0 Å². The third-order valence-corrected chi connectivity index (χ3v) is 4.58. The third-order valence-electron chi connectivity index (χ3n) is 4.58. The van der Waals surface area contributed by atoms with E-state index in [-0.39, 0.29) is 11.5 Å². The number of aromatic nitrogens is 2. The summed E-state index contributed by atoms with van der Waals surface area (Å²) in [7, 11) is 1.27. The Balaban J connectivity index is 2.65. The standard InChI is InChI=1S/C16H20N4O5/c1-15(2,14(22)25-5)16(3,4)18-12-11(20(23)24)13(21)19-9-7-6-8-10(19)17-12/h6-9,18H,1-5H3. The highest BCUT2D eigenvalue weighted by atomic mass is 16.6. The monoisotopic (exact) mass is 348 g/mol. The van der Waals surface area contributed by atoms with Crippen molar-refractivity contribution in [1.29, 1.82) is 0 Å². The lowest BCUT2D eigenvalue weighted by atomic mass is 9.74. The summed E-state index contributed by atoms with van der Waals surface area (Å²) >= 11 is 0. The predicted octanol–water partition coefficient (Wildman–Crippen LogP) is 1.99. The van der Waals surface area contributed by atoms with E-state index in [9.17, 15) is 19.7 Å². The minimum Gasteiger partial charge on any atom is -0.469 e. The summed E-state index contributed by atoms with van der Waals surface area (Å²) in [6, 6.07) is 4.81. The molecule has 134 valence electrons. The molecule has 0 aliphatic carbocycles. The van der Waals surface area contributed by atoms with Crippen LogP contribution in [0.25, 0.3) is 5.65 Å². The summed E-state index contributed by atoms with van der Waals surface area (Å²) in [6.45, 7) is 6.65. The molecule has 2 aromatic heterocycles. The molecule has 0 saturated carbocycles.